The summed E-state index contributed by atoms with van der Waals surface area (Å²) in [5.41, 5.74) is 4.45. The van der Waals surface area contributed by atoms with Crippen molar-refractivity contribution in [2.45, 2.75) is 27.7 Å². The zero-order chi connectivity index (χ0) is 12.4. The molecule has 0 heteroatoms. The minimum absolute atomic E-state index is 0.789. The van der Waals surface area contributed by atoms with E-state index in [9.17, 15) is 0 Å². The van der Waals surface area contributed by atoms with Crippen LogP contribution in [-0.4, -0.2) is 0 Å². The van der Waals surface area contributed by atoms with Crippen LogP contribution >= 0.6 is 0 Å². The molecule has 0 radical (unpaired) electrons. The Labute approximate surface area is 105 Å². The molecular weight excluding hydrogens is 204 g/mol. The van der Waals surface area contributed by atoms with E-state index in [-0.39, 0.29) is 0 Å². The summed E-state index contributed by atoms with van der Waals surface area (Å²) in [6.45, 7) is 8.60. The van der Waals surface area contributed by atoms with Gasteiger partial charge in [0.2, 0.25) is 0 Å². The van der Waals surface area contributed by atoms with E-state index in [1.54, 1.807) is 5.57 Å². The van der Waals surface area contributed by atoms with Crippen molar-refractivity contribution < 1.29 is 0 Å². The third kappa shape index (κ3) is 2.09. The Bertz CT molecular complexity index is 436. The molecule has 0 amide bonds. The molecule has 0 bridgehead atoms. The summed E-state index contributed by atoms with van der Waals surface area (Å²) in [6.07, 6.45) is 4.68. The molecule has 0 saturated heterocycles. The second kappa shape index (κ2) is 4.91. The second-order valence-electron chi connectivity index (χ2n) is 4.78. The van der Waals surface area contributed by atoms with Gasteiger partial charge >= 0.3 is 0 Å². The molecule has 0 nitrogen and oxygen atoms in total. The van der Waals surface area contributed by atoms with Crippen molar-refractivity contribution in [1.29, 1.82) is 0 Å². The van der Waals surface area contributed by atoms with Crippen molar-refractivity contribution in [2.24, 2.45) is 17.8 Å². The van der Waals surface area contributed by atoms with Gasteiger partial charge in [0.05, 0.1) is 0 Å². The Balaban J connectivity index is 0.000000514. The van der Waals surface area contributed by atoms with Gasteiger partial charge in [0.15, 0.2) is 0 Å². The van der Waals surface area contributed by atoms with E-state index in [1.807, 2.05) is 13.8 Å². The molecule has 0 N–H and O–H groups in total. The van der Waals surface area contributed by atoms with E-state index in [0.29, 0.717) is 0 Å². The summed E-state index contributed by atoms with van der Waals surface area (Å²) in [5, 5.41) is 0. The third-order valence-corrected chi connectivity index (χ3v) is 3.86. The van der Waals surface area contributed by atoms with E-state index in [0.717, 1.165) is 17.8 Å². The fourth-order valence-electron chi connectivity index (χ4n) is 2.89. The van der Waals surface area contributed by atoms with Crippen LogP contribution in [0.5, 0.6) is 0 Å². The lowest BCUT2D eigenvalue weighted by Crippen LogP contribution is -1.96. The molecule has 2 aliphatic rings. The topological polar surface area (TPSA) is 0 Å². The van der Waals surface area contributed by atoms with Crippen molar-refractivity contribution in [1.82, 2.24) is 0 Å². The molecule has 1 aromatic rings. The van der Waals surface area contributed by atoms with Gasteiger partial charge in [-0.1, -0.05) is 63.3 Å². The maximum Gasteiger partial charge on any atom is -0.00560 e. The van der Waals surface area contributed by atoms with Gasteiger partial charge in [0, 0.05) is 0 Å². The highest BCUT2D eigenvalue weighted by molar-refractivity contribution is 5.76. The first-order chi connectivity index (χ1) is 8.29. The largest absolute Gasteiger partial charge is 0.0802 e. The normalized spacial score (nSPS) is 29.3. The average molecular weight is 226 g/mol. The maximum atomic E-state index is 2.39. The zero-order valence-electron chi connectivity index (χ0n) is 11.3. The monoisotopic (exact) mass is 226 g/mol. The highest BCUT2D eigenvalue weighted by atomic mass is 14.5. The Hall–Kier alpha value is -1.30. The van der Waals surface area contributed by atoms with Gasteiger partial charge in [-0.25, -0.2) is 0 Å². The van der Waals surface area contributed by atoms with Crippen LogP contribution < -0.4 is 0 Å². The summed E-state index contributed by atoms with van der Waals surface area (Å²) in [5.74, 6) is 2.44. The van der Waals surface area contributed by atoms with Gasteiger partial charge in [-0.05, 0) is 41.4 Å². The molecule has 0 aliphatic heterocycles. The van der Waals surface area contributed by atoms with Crippen LogP contribution in [0, 0.1) is 17.8 Å². The molecule has 3 rings (SSSR count). The molecule has 0 spiro atoms. The number of rotatable bonds is 1. The van der Waals surface area contributed by atoms with Crippen LogP contribution in [0.1, 0.15) is 33.3 Å². The average Bonchev–Trinajstić information content (AvgIpc) is 3.04. The van der Waals surface area contributed by atoms with Crippen molar-refractivity contribution in [3.63, 3.8) is 0 Å². The van der Waals surface area contributed by atoms with Gasteiger partial charge in [0.1, 0.15) is 0 Å². The molecule has 3 atom stereocenters. The molecule has 0 aromatic heterocycles. The Kier molecular flexibility index (Phi) is 3.51. The van der Waals surface area contributed by atoms with Crippen molar-refractivity contribution >= 4 is 5.57 Å². The molecule has 2 aliphatic carbocycles. The minimum atomic E-state index is 0.789. The SMILES string of the molecule is CC.CC1=C(c2ccccc2)C2C(C)C2C=C1. The molecule has 1 saturated carbocycles. The predicted molar refractivity (Wildman–Crippen MR) is 75.7 cm³/mol. The van der Waals surface area contributed by atoms with Crippen LogP contribution in [-0.2, 0) is 0 Å². The van der Waals surface area contributed by atoms with Gasteiger partial charge in [0.25, 0.3) is 0 Å². The molecule has 0 heterocycles. The third-order valence-electron chi connectivity index (χ3n) is 3.86. The van der Waals surface area contributed by atoms with E-state index in [4.69, 9.17) is 0 Å². The Morgan fingerprint density at radius 3 is 2.29 bits per heavy atom. The predicted octanol–water partition coefficient (Wildman–Crippen LogP) is 4.94. The zero-order valence-corrected chi connectivity index (χ0v) is 11.3. The maximum absolute atomic E-state index is 2.39. The number of hydrogen-bond acceptors (Lipinski definition) is 0. The number of allylic oxidation sites excluding steroid dienone is 4. The Morgan fingerprint density at radius 2 is 1.65 bits per heavy atom. The smallest absolute Gasteiger partial charge is 0.00560 e. The fourth-order valence-corrected chi connectivity index (χ4v) is 2.89. The van der Waals surface area contributed by atoms with Gasteiger partial charge in [-0.2, -0.15) is 0 Å². The van der Waals surface area contributed by atoms with Crippen LogP contribution in [0.25, 0.3) is 5.57 Å². The quantitative estimate of drug-likeness (QED) is 0.636. The van der Waals surface area contributed by atoms with Crippen molar-refractivity contribution in [3.8, 4) is 0 Å². The van der Waals surface area contributed by atoms with Crippen LogP contribution in [0.4, 0.5) is 0 Å². The number of benzene rings is 1. The molecule has 1 fully saturated rings. The molecule has 90 valence electrons. The van der Waals surface area contributed by atoms with Crippen molar-refractivity contribution in [3.05, 3.63) is 53.6 Å². The summed E-state index contributed by atoms with van der Waals surface area (Å²) >= 11 is 0. The highest BCUT2D eigenvalue weighted by Gasteiger charge is 2.48. The van der Waals surface area contributed by atoms with Crippen molar-refractivity contribution in [2.75, 3.05) is 0 Å². The lowest BCUT2D eigenvalue weighted by Gasteiger charge is -2.13. The fraction of sp³-hybridized carbons (Fsp3) is 0.412. The van der Waals surface area contributed by atoms with Crippen LogP contribution in [0.2, 0.25) is 0 Å². The van der Waals surface area contributed by atoms with Gasteiger partial charge in [-0.3, -0.25) is 0 Å². The van der Waals surface area contributed by atoms with E-state index in [2.05, 4.69) is 56.3 Å². The molecule has 3 unspecified atom stereocenters. The number of fused-ring (bicyclic) bond motifs is 1. The summed E-state index contributed by atoms with van der Waals surface area (Å²) < 4.78 is 0. The standard InChI is InChI=1S/C15H16.C2H6/c1-10-8-9-13-11(2)15(13)14(10)12-6-4-3-5-7-12;1-2/h3-9,11,13,15H,1-2H3;1-2H3. The Morgan fingerprint density at radius 1 is 1.00 bits per heavy atom. The van der Waals surface area contributed by atoms with E-state index >= 15 is 0 Å². The first-order valence-electron chi connectivity index (χ1n) is 6.73. The molecule has 1 aromatic carbocycles. The van der Waals surface area contributed by atoms with Gasteiger partial charge in [-0.15, -0.1) is 0 Å². The van der Waals surface area contributed by atoms with E-state index in [1.165, 1.54) is 11.1 Å². The van der Waals surface area contributed by atoms with Crippen LogP contribution in [0.3, 0.4) is 0 Å². The second-order valence-corrected chi connectivity index (χ2v) is 4.78. The lowest BCUT2D eigenvalue weighted by atomic mass is 9.92. The van der Waals surface area contributed by atoms with Crippen LogP contribution in [0.15, 0.2) is 48.1 Å². The number of hydrogen-bond donors (Lipinski definition) is 0. The highest BCUT2D eigenvalue weighted by Crippen LogP contribution is 2.57. The summed E-state index contributed by atoms with van der Waals surface area (Å²) in [4.78, 5) is 0. The summed E-state index contributed by atoms with van der Waals surface area (Å²) in [6, 6.07) is 10.8. The first kappa shape index (κ1) is 12.2. The molecule has 17 heavy (non-hydrogen) atoms. The summed E-state index contributed by atoms with van der Waals surface area (Å²) in [7, 11) is 0. The van der Waals surface area contributed by atoms with E-state index < -0.39 is 0 Å². The first-order valence-corrected chi connectivity index (χ1v) is 6.73. The van der Waals surface area contributed by atoms with Gasteiger partial charge < -0.3 is 0 Å². The molecular formula is C17H22. The lowest BCUT2D eigenvalue weighted by molar-refractivity contribution is 0.888. The minimum Gasteiger partial charge on any atom is -0.0802 e.